The van der Waals surface area contributed by atoms with Gasteiger partial charge in [-0.25, -0.2) is 9.97 Å². The molecule has 0 N–H and O–H groups in total. The molecule has 0 bridgehead atoms. The highest BCUT2D eigenvalue weighted by Gasteiger charge is 2.31. The predicted molar refractivity (Wildman–Crippen MR) is 90.7 cm³/mol. The number of aromatic nitrogens is 4. The van der Waals surface area contributed by atoms with Gasteiger partial charge in [0.15, 0.2) is 5.65 Å². The normalized spacial score (nSPS) is 17.5. The summed E-state index contributed by atoms with van der Waals surface area (Å²) in [5, 5.41) is 0. The number of carbonyl (C=O) groups excluding carboxylic acids is 1. The summed E-state index contributed by atoms with van der Waals surface area (Å²) in [6.45, 7) is 4.39. The first-order chi connectivity index (χ1) is 11.8. The van der Waals surface area contributed by atoms with Crippen molar-refractivity contribution in [3.63, 3.8) is 0 Å². The minimum absolute atomic E-state index is 0.0668. The Morgan fingerprint density at radius 3 is 2.88 bits per heavy atom. The summed E-state index contributed by atoms with van der Waals surface area (Å²) >= 11 is 0. The Morgan fingerprint density at radius 2 is 2.08 bits per heavy atom. The Balaban J connectivity index is 1.60. The van der Waals surface area contributed by atoms with Crippen molar-refractivity contribution in [3.05, 3.63) is 54.2 Å². The maximum absolute atomic E-state index is 12.6. The molecule has 1 fully saturated rings. The lowest BCUT2D eigenvalue weighted by Crippen LogP contribution is -2.28. The summed E-state index contributed by atoms with van der Waals surface area (Å²) in [5.74, 6) is 1.36. The Hall–Kier alpha value is -2.76. The minimum Gasteiger partial charge on any atom is -0.338 e. The van der Waals surface area contributed by atoms with E-state index >= 15 is 0 Å². The molecule has 6 heteroatoms. The molecule has 0 spiro atoms. The average Bonchev–Trinajstić information content (AvgIpc) is 3.26. The number of likely N-dealkylation sites (tertiary alicyclic amines) is 1. The monoisotopic (exact) mass is 321 g/mol. The second-order valence-electron chi connectivity index (χ2n) is 6.03. The summed E-state index contributed by atoms with van der Waals surface area (Å²) in [6.07, 6.45) is 6.04. The Bertz CT molecular complexity index is 874. The number of aryl methyl sites for hydroxylation is 1. The zero-order valence-electron chi connectivity index (χ0n) is 13.6. The van der Waals surface area contributed by atoms with E-state index in [0.29, 0.717) is 12.1 Å². The number of amides is 1. The SMILES string of the molecule is CCn1c([C@H]2CCN(C(=O)c3ccncc3)C2)nc2cccnc21. The van der Waals surface area contributed by atoms with E-state index in [1.54, 1.807) is 30.7 Å². The van der Waals surface area contributed by atoms with Crippen molar-refractivity contribution >= 4 is 17.1 Å². The molecule has 0 saturated carbocycles. The number of nitrogens with zero attached hydrogens (tertiary/aromatic N) is 5. The summed E-state index contributed by atoms with van der Waals surface area (Å²) < 4.78 is 2.17. The van der Waals surface area contributed by atoms with Crippen LogP contribution in [-0.4, -0.2) is 43.4 Å². The third-order valence-electron chi connectivity index (χ3n) is 4.62. The van der Waals surface area contributed by atoms with E-state index < -0.39 is 0 Å². The van der Waals surface area contributed by atoms with Gasteiger partial charge in [0.1, 0.15) is 11.3 Å². The van der Waals surface area contributed by atoms with Gasteiger partial charge >= 0.3 is 0 Å². The van der Waals surface area contributed by atoms with Crippen LogP contribution >= 0.6 is 0 Å². The van der Waals surface area contributed by atoms with Crippen LogP contribution < -0.4 is 0 Å². The van der Waals surface area contributed by atoms with Crippen LogP contribution in [0.15, 0.2) is 42.9 Å². The fourth-order valence-corrected chi connectivity index (χ4v) is 3.43. The first kappa shape index (κ1) is 14.8. The molecule has 0 aliphatic carbocycles. The third kappa shape index (κ3) is 2.44. The van der Waals surface area contributed by atoms with Crippen LogP contribution in [0.4, 0.5) is 0 Å². The number of imidazole rings is 1. The second-order valence-corrected chi connectivity index (χ2v) is 6.03. The van der Waals surface area contributed by atoms with E-state index in [1.807, 2.05) is 17.0 Å². The smallest absolute Gasteiger partial charge is 0.253 e. The van der Waals surface area contributed by atoms with Crippen LogP contribution in [0.2, 0.25) is 0 Å². The lowest BCUT2D eigenvalue weighted by molar-refractivity contribution is 0.0790. The molecule has 0 aromatic carbocycles. The molecule has 4 heterocycles. The van der Waals surface area contributed by atoms with Gasteiger partial charge in [-0.05, 0) is 37.6 Å². The highest BCUT2D eigenvalue weighted by atomic mass is 16.2. The van der Waals surface area contributed by atoms with Gasteiger partial charge in [0, 0.05) is 49.7 Å². The molecule has 6 nitrogen and oxygen atoms in total. The zero-order chi connectivity index (χ0) is 16.5. The molecule has 3 aromatic rings. The number of hydrogen-bond donors (Lipinski definition) is 0. The van der Waals surface area contributed by atoms with Gasteiger partial charge in [-0.1, -0.05) is 0 Å². The van der Waals surface area contributed by atoms with Crippen LogP contribution in [0, 0.1) is 0 Å². The molecule has 3 aromatic heterocycles. The first-order valence-electron chi connectivity index (χ1n) is 8.28. The van der Waals surface area contributed by atoms with E-state index in [4.69, 9.17) is 4.98 Å². The molecule has 0 unspecified atom stereocenters. The van der Waals surface area contributed by atoms with E-state index in [2.05, 4.69) is 21.5 Å². The number of pyridine rings is 2. The number of carbonyl (C=O) groups is 1. The number of fused-ring (bicyclic) bond motifs is 1. The topological polar surface area (TPSA) is 63.9 Å². The summed E-state index contributed by atoms with van der Waals surface area (Å²) in [5.41, 5.74) is 2.54. The maximum atomic E-state index is 12.6. The quantitative estimate of drug-likeness (QED) is 0.743. The molecule has 1 aliphatic heterocycles. The van der Waals surface area contributed by atoms with Crippen LogP contribution in [0.3, 0.4) is 0 Å². The predicted octanol–water partition coefficient (Wildman–Crippen LogP) is 2.48. The molecule has 122 valence electrons. The van der Waals surface area contributed by atoms with E-state index in [0.717, 1.165) is 36.5 Å². The van der Waals surface area contributed by atoms with Crippen molar-refractivity contribution in [2.24, 2.45) is 0 Å². The van der Waals surface area contributed by atoms with E-state index in [1.165, 1.54) is 0 Å². The fraction of sp³-hybridized carbons (Fsp3) is 0.333. The number of rotatable bonds is 3. The molecule has 1 saturated heterocycles. The number of hydrogen-bond acceptors (Lipinski definition) is 4. The molecule has 1 aliphatic rings. The van der Waals surface area contributed by atoms with Crippen molar-refractivity contribution in [2.45, 2.75) is 25.8 Å². The minimum atomic E-state index is 0.0668. The molecule has 0 radical (unpaired) electrons. The van der Waals surface area contributed by atoms with Crippen molar-refractivity contribution in [1.82, 2.24) is 24.4 Å². The van der Waals surface area contributed by atoms with Gasteiger partial charge in [0.25, 0.3) is 5.91 Å². The van der Waals surface area contributed by atoms with Gasteiger partial charge in [0.05, 0.1) is 0 Å². The molecule has 24 heavy (non-hydrogen) atoms. The fourth-order valence-electron chi connectivity index (χ4n) is 3.43. The summed E-state index contributed by atoms with van der Waals surface area (Å²) in [6, 6.07) is 7.43. The standard InChI is InChI=1S/C18H19N5O/c1-2-23-16(21-15-4-3-8-20-17(15)23)14-7-11-22(12-14)18(24)13-5-9-19-10-6-13/h3-6,8-10,14H,2,7,11-12H2,1H3/t14-/m0/s1. The highest BCUT2D eigenvalue weighted by molar-refractivity contribution is 5.94. The highest BCUT2D eigenvalue weighted by Crippen LogP contribution is 2.29. The van der Waals surface area contributed by atoms with Crippen molar-refractivity contribution < 1.29 is 4.79 Å². The third-order valence-corrected chi connectivity index (χ3v) is 4.62. The van der Waals surface area contributed by atoms with Crippen LogP contribution in [0.1, 0.15) is 35.4 Å². The largest absolute Gasteiger partial charge is 0.338 e. The molecular weight excluding hydrogens is 302 g/mol. The second kappa shape index (κ2) is 6.03. The Labute approximate surface area is 140 Å². The lowest BCUT2D eigenvalue weighted by atomic mass is 10.1. The molecular formula is C18H19N5O. The van der Waals surface area contributed by atoms with Gasteiger partial charge in [0.2, 0.25) is 0 Å². The van der Waals surface area contributed by atoms with Gasteiger partial charge in [-0.3, -0.25) is 9.78 Å². The van der Waals surface area contributed by atoms with Gasteiger partial charge < -0.3 is 9.47 Å². The van der Waals surface area contributed by atoms with Crippen molar-refractivity contribution in [3.8, 4) is 0 Å². The van der Waals surface area contributed by atoms with E-state index in [-0.39, 0.29) is 11.8 Å². The van der Waals surface area contributed by atoms with Crippen LogP contribution in [0.25, 0.3) is 11.2 Å². The Kier molecular flexibility index (Phi) is 3.72. The first-order valence-corrected chi connectivity index (χ1v) is 8.28. The average molecular weight is 321 g/mol. The molecule has 1 atom stereocenters. The van der Waals surface area contributed by atoms with Gasteiger partial charge in [-0.15, -0.1) is 0 Å². The van der Waals surface area contributed by atoms with Crippen molar-refractivity contribution in [2.75, 3.05) is 13.1 Å². The van der Waals surface area contributed by atoms with E-state index in [9.17, 15) is 4.79 Å². The van der Waals surface area contributed by atoms with Crippen LogP contribution in [0.5, 0.6) is 0 Å². The Morgan fingerprint density at radius 1 is 1.25 bits per heavy atom. The zero-order valence-corrected chi connectivity index (χ0v) is 13.6. The maximum Gasteiger partial charge on any atom is 0.253 e. The summed E-state index contributed by atoms with van der Waals surface area (Å²) in [4.78, 5) is 27.7. The molecule has 4 rings (SSSR count). The van der Waals surface area contributed by atoms with Crippen molar-refractivity contribution in [1.29, 1.82) is 0 Å². The van der Waals surface area contributed by atoms with Gasteiger partial charge in [-0.2, -0.15) is 0 Å². The summed E-state index contributed by atoms with van der Waals surface area (Å²) in [7, 11) is 0. The lowest BCUT2D eigenvalue weighted by Gasteiger charge is -2.16. The van der Waals surface area contributed by atoms with Crippen LogP contribution in [-0.2, 0) is 6.54 Å². The molecule has 1 amide bonds.